The Morgan fingerprint density at radius 2 is 2.27 bits per heavy atom. The average molecular weight is 145 g/mol. The fraction of sp³-hybridized carbons (Fsp3) is 0.400. The fourth-order valence-corrected chi connectivity index (χ4v) is 2.32. The van der Waals surface area contributed by atoms with E-state index in [0.717, 1.165) is 0 Å². The summed E-state index contributed by atoms with van der Waals surface area (Å²) in [5, 5.41) is 0. The van der Waals surface area contributed by atoms with Crippen molar-refractivity contribution in [1.29, 1.82) is 0 Å². The predicted octanol–water partition coefficient (Wildman–Crippen LogP) is 2.13. The molecule has 0 radical (unpaired) electrons. The largest absolute Gasteiger partial charge is 0.357 e. The lowest BCUT2D eigenvalue weighted by Gasteiger charge is -2.30. The number of nitrogens with zero attached hydrogens (tertiary/aromatic N) is 1. The molecule has 3 rings (SSSR count). The molecule has 0 N–H and O–H groups in total. The van der Waals surface area contributed by atoms with Crippen LogP contribution >= 0.6 is 0 Å². The molecule has 1 nitrogen and oxygen atoms in total. The average Bonchev–Trinajstić information content (AvgIpc) is 2.71. The van der Waals surface area contributed by atoms with Crippen molar-refractivity contribution in [2.45, 2.75) is 18.9 Å². The van der Waals surface area contributed by atoms with Crippen molar-refractivity contribution in [3.63, 3.8) is 0 Å². The highest BCUT2D eigenvalue weighted by Gasteiger charge is 2.61. The number of benzene rings is 1. The molecule has 1 saturated heterocycles. The van der Waals surface area contributed by atoms with E-state index < -0.39 is 0 Å². The second kappa shape index (κ2) is 1.45. The van der Waals surface area contributed by atoms with E-state index in [9.17, 15) is 0 Å². The molecule has 1 aromatic carbocycles. The van der Waals surface area contributed by atoms with Gasteiger partial charge in [0, 0.05) is 17.8 Å². The third kappa shape index (κ3) is 0.434. The van der Waals surface area contributed by atoms with Crippen LogP contribution in [0, 0.1) is 0 Å². The van der Waals surface area contributed by atoms with E-state index in [1.807, 2.05) is 0 Å². The third-order valence-corrected chi connectivity index (χ3v) is 3.11. The van der Waals surface area contributed by atoms with Gasteiger partial charge in [0.05, 0.1) is 5.54 Å². The Bertz CT molecular complexity index is 318. The molecule has 2 aliphatic rings. The maximum absolute atomic E-state index is 2.49. The molecule has 2 heterocycles. The number of hydrogen-bond donors (Lipinski definition) is 0. The van der Waals surface area contributed by atoms with Crippen LogP contribution in [0.3, 0.4) is 0 Å². The summed E-state index contributed by atoms with van der Waals surface area (Å²) in [6, 6.07) is 8.75. The molecule has 0 aromatic heterocycles. The van der Waals surface area contributed by atoms with Gasteiger partial charge in [0.25, 0.3) is 0 Å². The van der Waals surface area contributed by atoms with Gasteiger partial charge in [-0.15, -0.1) is 0 Å². The molecule has 2 aliphatic heterocycles. The number of hydrogen-bond acceptors (Lipinski definition) is 1. The van der Waals surface area contributed by atoms with Crippen LogP contribution in [0.1, 0.15) is 18.9 Å². The van der Waals surface area contributed by atoms with Crippen LogP contribution in [0.2, 0.25) is 0 Å². The molecular formula is C10H11N. The lowest BCUT2D eigenvalue weighted by molar-refractivity contribution is 0.637. The van der Waals surface area contributed by atoms with Crippen LogP contribution in [0.4, 0.5) is 5.69 Å². The van der Waals surface area contributed by atoms with Gasteiger partial charge in [-0.25, -0.2) is 0 Å². The molecule has 0 aliphatic carbocycles. The number of para-hydroxylation sites is 1. The minimum atomic E-state index is 0.497. The Labute approximate surface area is 66.6 Å². The van der Waals surface area contributed by atoms with E-state index in [4.69, 9.17) is 0 Å². The second-order valence-corrected chi connectivity index (χ2v) is 3.49. The van der Waals surface area contributed by atoms with E-state index in [1.165, 1.54) is 18.7 Å². The SMILES string of the molecule is CCC12CN1c1ccccc12. The first-order valence-electron chi connectivity index (χ1n) is 4.26. The normalized spacial score (nSPS) is 30.5. The summed E-state index contributed by atoms with van der Waals surface area (Å²) in [6.45, 7) is 3.54. The molecule has 0 bridgehead atoms. The summed E-state index contributed by atoms with van der Waals surface area (Å²) >= 11 is 0. The summed E-state index contributed by atoms with van der Waals surface area (Å²) in [5.74, 6) is 0. The summed E-state index contributed by atoms with van der Waals surface area (Å²) < 4.78 is 0. The highest BCUT2D eigenvalue weighted by molar-refractivity contribution is 5.78. The Morgan fingerprint density at radius 3 is 3.09 bits per heavy atom. The minimum Gasteiger partial charge on any atom is -0.357 e. The molecule has 1 fully saturated rings. The quantitative estimate of drug-likeness (QED) is 0.547. The predicted molar refractivity (Wildman–Crippen MR) is 45.8 cm³/mol. The molecule has 0 saturated carbocycles. The number of anilines is 1. The highest BCUT2D eigenvalue weighted by atomic mass is 15.4. The molecule has 1 heteroatoms. The van der Waals surface area contributed by atoms with Crippen molar-refractivity contribution in [1.82, 2.24) is 0 Å². The molecular weight excluding hydrogens is 134 g/mol. The lowest BCUT2D eigenvalue weighted by Crippen LogP contribution is -2.25. The van der Waals surface area contributed by atoms with Crippen molar-refractivity contribution in [3.8, 4) is 0 Å². The van der Waals surface area contributed by atoms with Gasteiger partial charge in [-0.2, -0.15) is 0 Å². The molecule has 1 aromatic rings. The molecule has 11 heavy (non-hydrogen) atoms. The topological polar surface area (TPSA) is 3.01 Å². The fourth-order valence-electron chi connectivity index (χ4n) is 2.32. The highest BCUT2D eigenvalue weighted by Crippen LogP contribution is 2.60. The van der Waals surface area contributed by atoms with Gasteiger partial charge in [0.15, 0.2) is 0 Å². The Morgan fingerprint density at radius 1 is 1.45 bits per heavy atom. The van der Waals surface area contributed by atoms with Crippen LogP contribution < -0.4 is 4.90 Å². The molecule has 56 valence electrons. The molecule has 0 amide bonds. The molecule has 1 atom stereocenters. The van der Waals surface area contributed by atoms with Crippen LogP contribution in [0.25, 0.3) is 0 Å². The first kappa shape index (κ1) is 5.64. The summed E-state index contributed by atoms with van der Waals surface area (Å²) in [7, 11) is 0. The summed E-state index contributed by atoms with van der Waals surface area (Å²) in [6.07, 6.45) is 1.27. The Balaban J connectivity index is 2.17. The van der Waals surface area contributed by atoms with Crippen molar-refractivity contribution < 1.29 is 0 Å². The van der Waals surface area contributed by atoms with Gasteiger partial charge >= 0.3 is 0 Å². The second-order valence-electron chi connectivity index (χ2n) is 3.49. The summed E-state index contributed by atoms with van der Waals surface area (Å²) in [5.41, 5.74) is 3.54. The van der Waals surface area contributed by atoms with E-state index in [2.05, 4.69) is 36.1 Å². The monoisotopic (exact) mass is 145 g/mol. The smallest absolute Gasteiger partial charge is 0.0847 e. The van der Waals surface area contributed by atoms with Crippen molar-refractivity contribution >= 4 is 5.69 Å². The van der Waals surface area contributed by atoms with Crippen molar-refractivity contribution in [2.75, 3.05) is 11.4 Å². The first-order valence-corrected chi connectivity index (χ1v) is 4.26. The zero-order chi connectivity index (χ0) is 7.47. The van der Waals surface area contributed by atoms with E-state index >= 15 is 0 Å². The van der Waals surface area contributed by atoms with E-state index in [0.29, 0.717) is 5.54 Å². The standard InChI is InChI=1S/C10H11N/c1-2-10-7-11(10)9-6-4-3-5-8(9)10/h3-6H,2,7H2,1H3. The van der Waals surface area contributed by atoms with Crippen LogP contribution in [-0.4, -0.2) is 6.54 Å². The third-order valence-electron chi connectivity index (χ3n) is 3.11. The summed E-state index contributed by atoms with van der Waals surface area (Å²) in [4.78, 5) is 2.49. The minimum absolute atomic E-state index is 0.497. The number of rotatable bonds is 1. The number of fused-ring (bicyclic) bond motifs is 4. The zero-order valence-corrected chi connectivity index (χ0v) is 6.67. The van der Waals surface area contributed by atoms with E-state index in [-0.39, 0.29) is 0 Å². The van der Waals surface area contributed by atoms with Crippen molar-refractivity contribution in [3.05, 3.63) is 29.8 Å². The maximum atomic E-state index is 2.49. The van der Waals surface area contributed by atoms with Gasteiger partial charge in [-0.05, 0) is 12.5 Å². The lowest BCUT2D eigenvalue weighted by atomic mass is 9.89. The first-order chi connectivity index (χ1) is 5.38. The van der Waals surface area contributed by atoms with Gasteiger partial charge in [0.2, 0.25) is 0 Å². The Kier molecular flexibility index (Phi) is 0.743. The van der Waals surface area contributed by atoms with Crippen LogP contribution in [0.15, 0.2) is 24.3 Å². The van der Waals surface area contributed by atoms with Gasteiger partial charge < -0.3 is 4.90 Å². The van der Waals surface area contributed by atoms with Gasteiger partial charge in [-0.1, -0.05) is 25.1 Å². The molecule has 0 spiro atoms. The maximum Gasteiger partial charge on any atom is 0.0847 e. The van der Waals surface area contributed by atoms with Crippen LogP contribution in [0.5, 0.6) is 0 Å². The van der Waals surface area contributed by atoms with E-state index in [1.54, 1.807) is 5.56 Å². The van der Waals surface area contributed by atoms with Crippen LogP contribution in [-0.2, 0) is 5.54 Å². The van der Waals surface area contributed by atoms with Gasteiger partial charge in [0.1, 0.15) is 0 Å². The van der Waals surface area contributed by atoms with Gasteiger partial charge in [-0.3, -0.25) is 0 Å². The molecule has 1 unspecified atom stereocenters. The van der Waals surface area contributed by atoms with Crippen molar-refractivity contribution in [2.24, 2.45) is 0 Å². The zero-order valence-electron chi connectivity index (χ0n) is 6.67. The Hall–Kier alpha value is -0.980.